The Morgan fingerprint density at radius 3 is 2.76 bits per heavy atom. The van der Waals surface area contributed by atoms with Crippen LogP contribution >= 0.6 is 11.3 Å². The van der Waals surface area contributed by atoms with Gasteiger partial charge in [-0.1, -0.05) is 6.92 Å². The van der Waals surface area contributed by atoms with Gasteiger partial charge in [0.1, 0.15) is 0 Å². The summed E-state index contributed by atoms with van der Waals surface area (Å²) in [6, 6.07) is 3.80. The molecule has 0 saturated heterocycles. The summed E-state index contributed by atoms with van der Waals surface area (Å²) < 4.78 is 1.91. The van der Waals surface area contributed by atoms with Crippen molar-refractivity contribution in [3.63, 3.8) is 0 Å². The lowest BCUT2D eigenvalue weighted by atomic mass is 10.0. The quantitative estimate of drug-likeness (QED) is 0.882. The lowest BCUT2D eigenvalue weighted by molar-refractivity contribution is -0.138. The fourth-order valence-corrected chi connectivity index (χ4v) is 3.86. The minimum atomic E-state index is -0.806. The first-order valence-corrected chi connectivity index (χ1v) is 7.95. The number of carbonyl (C=O) groups is 2. The van der Waals surface area contributed by atoms with Crippen LogP contribution in [0.25, 0.3) is 0 Å². The van der Waals surface area contributed by atoms with E-state index in [9.17, 15) is 14.7 Å². The molecule has 1 unspecified atom stereocenters. The molecule has 21 heavy (non-hydrogen) atoms. The van der Waals surface area contributed by atoms with E-state index in [1.165, 1.54) is 11.3 Å². The largest absolute Gasteiger partial charge is 0.481 e. The average Bonchev–Trinajstić information content (AvgIpc) is 3.10. The fraction of sp³-hybridized carbons (Fsp3) is 0.375. The van der Waals surface area contributed by atoms with Gasteiger partial charge in [0.05, 0.1) is 16.5 Å². The molecule has 5 heteroatoms. The number of hydrogen-bond acceptors (Lipinski definition) is 3. The molecule has 0 radical (unpaired) electrons. The molecule has 3 heterocycles. The van der Waals surface area contributed by atoms with Crippen molar-refractivity contribution in [1.29, 1.82) is 0 Å². The third kappa shape index (κ3) is 2.21. The van der Waals surface area contributed by atoms with Crippen LogP contribution in [0.1, 0.15) is 51.4 Å². The Morgan fingerprint density at radius 1 is 1.43 bits per heavy atom. The third-order valence-electron chi connectivity index (χ3n) is 4.05. The molecule has 1 aliphatic rings. The Morgan fingerprint density at radius 2 is 2.19 bits per heavy atom. The van der Waals surface area contributed by atoms with Crippen LogP contribution in [-0.4, -0.2) is 21.4 Å². The topological polar surface area (TPSA) is 59.3 Å². The monoisotopic (exact) mass is 303 g/mol. The number of rotatable bonds is 4. The first-order chi connectivity index (χ1) is 10.0. The maximum Gasteiger partial charge on any atom is 0.312 e. The van der Waals surface area contributed by atoms with Crippen LogP contribution < -0.4 is 0 Å². The minimum Gasteiger partial charge on any atom is -0.481 e. The van der Waals surface area contributed by atoms with Crippen molar-refractivity contribution in [1.82, 2.24) is 4.57 Å². The van der Waals surface area contributed by atoms with Crippen LogP contribution in [0.3, 0.4) is 0 Å². The molecule has 4 nitrogen and oxygen atoms in total. The van der Waals surface area contributed by atoms with Crippen molar-refractivity contribution in [3.05, 3.63) is 44.9 Å². The summed E-state index contributed by atoms with van der Waals surface area (Å²) in [5.74, 6) is -1.27. The number of fused-ring (bicyclic) bond motifs is 1. The summed E-state index contributed by atoms with van der Waals surface area (Å²) >= 11 is 1.45. The summed E-state index contributed by atoms with van der Waals surface area (Å²) in [7, 11) is 0. The van der Waals surface area contributed by atoms with Crippen LogP contribution in [0.4, 0.5) is 0 Å². The van der Waals surface area contributed by atoms with Crippen molar-refractivity contribution in [2.24, 2.45) is 0 Å². The van der Waals surface area contributed by atoms with Gasteiger partial charge in [0.2, 0.25) is 5.78 Å². The van der Waals surface area contributed by atoms with Crippen molar-refractivity contribution in [2.45, 2.75) is 39.2 Å². The van der Waals surface area contributed by atoms with E-state index in [1.54, 1.807) is 0 Å². The SMILES string of the molecule is CCc1cc2n(c1C(=O)c1cc(C)cs1)CCC2C(=O)O. The van der Waals surface area contributed by atoms with Gasteiger partial charge in [-0.2, -0.15) is 0 Å². The molecular formula is C16H17NO3S. The lowest BCUT2D eigenvalue weighted by Crippen LogP contribution is -2.10. The van der Waals surface area contributed by atoms with E-state index in [0.717, 1.165) is 28.1 Å². The molecule has 1 atom stereocenters. The van der Waals surface area contributed by atoms with Gasteiger partial charge < -0.3 is 9.67 Å². The number of thiophene rings is 1. The zero-order valence-corrected chi connectivity index (χ0v) is 12.9. The first kappa shape index (κ1) is 14.1. The summed E-state index contributed by atoms with van der Waals surface area (Å²) in [5.41, 5.74) is 3.49. The second kappa shape index (κ2) is 5.15. The molecule has 1 aliphatic heterocycles. The predicted molar refractivity (Wildman–Crippen MR) is 81.3 cm³/mol. The second-order valence-corrected chi connectivity index (χ2v) is 6.36. The highest BCUT2D eigenvalue weighted by Gasteiger charge is 2.34. The van der Waals surface area contributed by atoms with Gasteiger partial charge in [0, 0.05) is 12.2 Å². The van der Waals surface area contributed by atoms with Gasteiger partial charge in [-0.15, -0.1) is 11.3 Å². The van der Waals surface area contributed by atoms with E-state index in [2.05, 4.69) is 0 Å². The van der Waals surface area contributed by atoms with Crippen molar-refractivity contribution >= 4 is 23.1 Å². The highest BCUT2D eigenvalue weighted by molar-refractivity contribution is 7.12. The van der Waals surface area contributed by atoms with Gasteiger partial charge in [0.15, 0.2) is 0 Å². The Labute approximate surface area is 127 Å². The van der Waals surface area contributed by atoms with Gasteiger partial charge in [-0.05, 0) is 48.4 Å². The highest BCUT2D eigenvalue weighted by atomic mass is 32.1. The van der Waals surface area contributed by atoms with Gasteiger partial charge >= 0.3 is 5.97 Å². The molecular weight excluding hydrogens is 286 g/mol. The number of aromatic nitrogens is 1. The van der Waals surface area contributed by atoms with E-state index in [4.69, 9.17) is 0 Å². The molecule has 0 fully saturated rings. The molecule has 2 aromatic rings. The summed E-state index contributed by atoms with van der Waals surface area (Å²) in [4.78, 5) is 24.8. The van der Waals surface area contributed by atoms with E-state index in [0.29, 0.717) is 18.7 Å². The Hall–Kier alpha value is -1.88. The molecule has 2 aromatic heterocycles. The van der Waals surface area contributed by atoms with Crippen molar-refractivity contribution in [3.8, 4) is 0 Å². The van der Waals surface area contributed by atoms with Gasteiger partial charge in [0.25, 0.3) is 0 Å². The standard InChI is InChI=1S/C16H17NO3S/c1-3-10-7-12-11(16(19)20)4-5-17(12)14(10)15(18)13-6-9(2)8-21-13/h6-8,11H,3-5H2,1-2H3,(H,19,20). The van der Waals surface area contributed by atoms with E-state index >= 15 is 0 Å². The van der Waals surface area contributed by atoms with Crippen LogP contribution in [0, 0.1) is 6.92 Å². The number of nitrogens with zero attached hydrogens (tertiary/aromatic N) is 1. The highest BCUT2D eigenvalue weighted by Crippen LogP contribution is 2.34. The Bertz CT molecular complexity index is 726. The number of carboxylic acid groups (broad SMARTS) is 1. The van der Waals surface area contributed by atoms with Crippen molar-refractivity contribution in [2.75, 3.05) is 0 Å². The zero-order valence-electron chi connectivity index (χ0n) is 12.0. The average molecular weight is 303 g/mol. The number of carboxylic acids is 1. The Kier molecular flexibility index (Phi) is 3.45. The molecule has 0 spiro atoms. The molecule has 0 saturated carbocycles. The molecule has 0 aliphatic carbocycles. The maximum atomic E-state index is 12.8. The van der Waals surface area contributed by atoms with Crippen LogP contribution in [-0.2, 0) is 17.8 Å². The summed E-state index contributed by atoms with van der Waals surface area (Å²) in [6.07, 6.45) is 1.30. The minimum absolute atomic E-state index is 0.0160. The summed E-state index contributed by atoms with van der Waals surface area (Å²) in [5, 5.41) is 11.3. The molecule has 0 aromatic carbocycles. The van der Waals surface area contributed by atoms with E-state index in [1.807, 2.05) is 35.9 Å². The zero-order chi connectivity index (χ0) is 15.1. The second-order valence-electron chi connectivity index (χ2n) is 5.45. The van der Waals surface area contributed by atoms with Crippen LogP contribution in [0.15, 0.2) is 17.5 Å². The normalized spacial score (nSPS) is 17.0. The van der Waals surface area contributed by atoms with E-state index < -0.39 is 11.9 Å². The predicted octanol–water partition coefficient (Wildman–Crippen LogP) is 3.22. The molecule has 3 rings (SSSR count). The van der Waals surface area contributed by atoms with Crippen LogP contribution in [0.5, 0.6) is 0 Å². The van der Waals surface area contributed by atoms with Crippen molar-refractivity contribution < 1.29 is 14.7 Å². The fourth-order valence-electron chi connectivity index (χ4n) is 3.02. The first-order valence-electron chi connectivity index (χ1n) is 7.07. The molecule has 1 N–H and O–H groups in total. The lowest BCUT2D eigenvalue weighted by Gasteiger charge is -2.06. The number of carbonyl (C=O) groups excluding carboxylic acids is 1. The summed E-state index contributed by atoms with van der Waals surface area (Å²) in [6.45, 7) is 4.58. The van der Waals surface area contributed by atoms with E-state index in [-0.39, 0.29) is 5.78 Å². The number of aryl methyl sites for hydroxylation is 2. The molecule has 0 amide bonds. The van der Waals surface area contributed by atoms with Gasteiger partial charge in [-0.25, -0.2) is 0 Å². The number of aliphatic carboxylic acids is 1. The smallest absolute Gasteiger partial charge is 0.312 e. The Balaban J connectivity index is 2.09. The number of hydrogen-bond donors (Lipinski definition) is 1. The molecule has 0 bridgehead atoms. The molecule has 110 valence electrons. The van der Waals surface area contributed by atoms with Gasteiger partial charge in [-0.3, -0.25) is 9.59 Å². The maximum absolute atomic E-state index is 12.8. The third-order valence-corrected chi connectivity index (χ3v) is 5.10. The number of ketones is 1. The van der Waals surface area contributed by atoms with Crippen LogP contribution in [0.2, 0.25) is 0 Å².